The van der Waals surface area contributed by atoms with Gasteiger partial charge in [0.2, 0.25) is 0 Å². The quantitative estimate of drug-likeness (QED) is 0.898. The van der Waals surface area contributed by atoms with Gasteiger partial charge in [-0.25, -0.2) is 22.0 Å². The van der Waals surface area contributed by atoms with E-state index in [2.05, 4.69) is 4.98 Å². The molecule has 0 fully saturated rings. The zero-order valence-electron chi connectivity index (χ0n) is 10.2. The molecule has 110 valence electrons. The second-order valence-electron chi connectivity index (χ2n) is 3.91. The molecule has 0 aliphatic heterocycles. The van der Waals surface area contributed by atoms with E-state index >= 15 is 0 Å². The number of rotatable bonds is 4. The molecule has 6 nitrogen and oxygen atoms in total. The first-order chi connectivity index (χ1) is 9.81. The average molecular weight is 314 g/mol. The first-order valence-corrected chi connectivity index (χ1v) is 6.95. The summed E-state index contributed by atoms with van der Waals surface area (Å²) in [6.45, 7) is 0. The molecule has 0 saturated heterocycles. The maximum atomic E-state index is 13.4. The van der Waals surface area contributed by atoms with E-state index in [0.29, 0.717) is 12.1 Å². The number of benzene rings is 1. The fourth-order valence-electron chi connectivity index (χ4n) is 1.50. The van der Waals surface area contributed by atoms with E-state index in [1.807, 2.05) is 4.72 Å². The van der Waals surface area contributed by atoms with Crippen molar-refractivity contribution in [2.75, 3.05) is 4.72 Å². The predicted molar refractivity (Wildman–Crippen MR) is 68.4 cm³/mol. The van der Waals surface area contributed by atoms with Crippen LogP contribution in [0.3, 0.4) is 0 Å². The fraction of sp³-hybridized carbons (Fsp3) is 0. The van der Waals surface area contributed by atoms with Crippen LogP contribution in [0.1, 0.15) is 10.4 Å². The number of anilines is 1. The van der Waals surface area contributed by atoms with Gasteiger partial charge in [-0.05, 0) is 24.3 Å². The lowest BCUT2D eigenvalue weighted by Gasteiger charge is -2.09. The maximum Gasteiger partial charge on any atom is 0.338 e. The highest BCUT2D eigenvalue weighted by Gasteiger charge is 2.20. The number of pyridine rings is 1. The van der Waals surface area contributed by atoms with Crippen LogP contribution in [0, 0.1) is 11.6 Å². The molecule has 9 heteroatoms. The lowest BCUT2D eigenvalue weighted by Crippen LogP contribution is -2.15. The summed E-state index contributed by atoms with van der Waals surface area (Å²) in [6, 6.07) is 3.33. The Kier molecular flexibility index (Phi) is 3.85. The van der Waals surface area contributed by atoms with Gasteiger partial charge in [-0.3, -0.25) is 9.71 Å². The van der Waals surface area contributed by atoms with Gasteiger partial charge in [-0.2, -0.15) is 0 Å². The Hall–Kier alpha value is -2.55. The zero-order valence-corrected chi connectivity index (χ0v) is 11.1. The summed E-state index contributed by atoms with van der Waals surface area (Å²) in [5.74, 6) is -3.59. The van der Waals surface area contributed by atoms with Crippen LogP contribution in [-0.2, 0) is 10.0 Å². The first-order valence-electron chi connectivity index (χ1n) is 5.46. The van der Waals surface area contributed by atoms with E-state index in [0.717, 1.165) is 18.3 Å². The Labute approximate surface area is 118 Å². The monoisotopic (exact) mass is 314 g/mol. The molecule has 21 heavy (non-hydrogen) atoms. The number of hydrogen-bond acceptors (Lipinski definition) is 4. The second kappa shape index (κ2) is 5.44. The number of hydrogen-bond donors (Lipinski definition) is 2. The van der Waals surface area contributed by atoms with Gasteiger partial charge < -0.3 is 5.11 Å². The van der Waals surface area contributed by atoms with Crippen LogP contribution >= 0.6 is 0 Å². The van der Waals surface area contributed by atoms with Crippen LogP contribution in [0.2, 0.25) is 0 Å². The smallest absolute Gasteiger partial charge is 0.338 e. The summed E-state index contributed by atoms with van der Waals surface area (Å²) >= 11 is 0. The third-order valence-electron chi connectivity index (χ3n) is 2.50. The highest BCUT2D eigenvalue weighted by Crippen LogP contribution is 2.20. The van der Waals surface area contributed by atoms with Crippen molar-refractivity contribution in [1.82, 2.24) is 4.98 Å². The number of nitrogens with one attached hydrogen (secondary N) is 1. The number of sulfonamides is 1. The van der Waals surface area contributed by atoms with Crippen LogP contribution in [-0.4, -0.2) is 24.5 Å². The molecule has 1 aromatic heterocycles. The molecule has 0 spiro atoms. The van der Waals surface area contributed by atoms with E-state index in [1.54, 1.807) is 0 Å². The molecular formula is C12H8F2N2O4S. The van der Waals surface area contributed by atoms with E-state index in [9.17, 15) is 22.0 Å². The largest absolute Gasteiger partial charge is 0.478 e. The number of carbonyl (C=O) groups is 1. The molecule has 1 aromatic carbocycles. The molecule has 0 aliphatic rings. The zero-order chi connectivity index (χ0) is 15.6. The van der Waals surface area contributed by atoms with Gasteiger partial charge in [-0.15, -0.1) is 0 Å². The van der Waals surface area contributed by atoms with Crippen molar-refractivity contribution in [3.8, 4) is 0 Å². The molecule has 0 atom stereocenters. The minimum Gasteiger partial charge on any atom is -0.478 e. The Morgan fingerprint density at radius 1 is 1.19 bits per heavy atom. The minimum absolute atomic E-state index is 0.355. The Morgan fingerprint density at radius 2 is 1.90 bits per heavy atom. The van der Waals surface area contributed by atoms with Crippen LogP contribution in [0.4, 0.5) is 14.5 Å². The third kappa shape index (κ3) is 3.14. The van der Waals surface area contributed by atoms with Crippen molar-refractivity contribution < 1.29 is 27.1 Å². The Balaban J connectivity index is 2.43. The Bertz CT molecular complexity index is 809. The maximum absolute atomic E-state index is 13.4. The number of carboxylic acids is 1. The second-order valence-corrected chi connectivity index (χ2v) is 5.59. The third-order valence-corrected chi connectivity index (χ3v) is 3.86. The van der Waals surface area contributed by atoms with E-state index < -0.39 is 38.1 Å². The van der Waals surface area contributed by atoms with Gasteiger partial charge in [0.15, 0.2) is 5.82 Å². The first kappa shape index (κ1) is 14.9. The van der Waals surface area contributed by atoms with E-state index in [1.165, 1.54) is 6.20 Å². The topological polar surface area (TPSA) is 96.4 Å². The minimum atomic E-state index is -4.26. The summed E-state index contributed by atoms with van der Waals surface area (Å²) in [5, 5.41) is 8.77. The van der Waals surface area contributed by atoms with Crippen molar-refractivity contribution in [1.29, 1.82) is 0 Å². The van der Waals surface area contributed by atoms with Crippen molar-refractivity contribution in [3.05, 3.63) is 53.9 Å². The van der Waals surface area contributed by atoms with E-state index in [-0.39, 0.29) is 5.69 Å². The summed E-state index contributed by atoms with van der Waals surface area (Å²) in [7, 11) is -4.26. The van der Waals surface area contributed by atoms with Crippen molar-refractivity contribution in [2.45, 2.75) is 4.90 Å². The van der Waals surface area contributed by atoms with Crippen LogP contribution in [0.15, 0.2) is 41.6 Å². The van der Waals surface area contributed by atoms with Crippen LogP contribution < -0.4 is 4.72 Å². The number of halogens is 2. The molecule has 0 amide bonds. The number of aromatic nitrogens is 1. The van der Waals surface area contributed by atoms with Crippen molar-refractivity contribution >= 4 is 21.7 Å². The molecule has 0 saturated carbocycles. The predicted octanol–water partition coefficient (Wildman–Crippen LogP) is 1.86. The van der Waals surface area contributed by atoms with Crippen LogP contribution in [0.5, 0.6) is 0 Å². The van der Waals surface area contributed by atoms with Gasteiger partial charge in [0.25, 0.3) is 10.0 Å². The molecule has 0 radical (unpaired) electrons. The van der Waals surface area contributed by atoms with Gasteiger partial charge in [-0.1, -0.05) is 0 Å². The molecular weight excluding hydrogens is 306 g/mol. The van der Waals surface area contributed by atoms with Crippen molar-refractivity contribution in [2.24, 2.45) is 0 Å². The Morgan fingerprint density at radius 3 is 2.52 bits per heavy atom. The molecule has 2 N–H and O–H groups in total. The van der Waals surface area contributed by atoms with Gasteiger partial charge in [0.05, 0.1) is 22.3 Å². The fourth-order valence-corrected chi connectivity index (χ4v) is 2.59. The SMILES string of the molecule is O=C(O)c1cc(S(=O)(=O)Nc2ccncc2F)ccc1F. The lowest BCUT2D eigenvalue weighted by molar-refractivity contribution is 0.0691. The number of aromatic carboxylic acids is 1. The summed E-state index contributed by atoms with van der Waals surface area (Å²) in [6.07, 6.45) is 1.99. The molecule has 2 aromatic rings. The van der Waals surface area contributed by atoms with Gasteiger partial charge in [0, 0.05) is 6.20 Å². The van der Waals surface area contributed by atoms with Gasteiger partial charge >= 0.3 is 5.97 Å². The molecule has 0 aliphatic carbocycles. The normalized spacial score (nSPS) is 11.1. The number of nitrogens with zero attached hydrogens (tertiary/aromatic N) is 1. The molecule has 1 heterocycles. The average Bonchev–Trinajstić information content (AvgIpc) is 2.41. The molecule has 0 bridgehead atoms. The summed E-state index contributed by atoms with van der Waals surface area (Å²) < 4.78 is 52.6. The van der Waals surface area contributed by atoms with Crippen LogP contribution in [0.25, 0.3) is 0 Å². The van der Waals surface area contributed by atoms with E-state index in [4.69, 9.17) is 5.11 Å². The highest BCUT2D eigenvalue weighted by atomic mass is 32.2. The number of carboxylic acid groups (broad SMARTS) is 1. The lowest BCUT2D eigenvalue weighted by atomic mass is 10.2. The molecule has 2 rings (SSSR count). The summed E-state index contributed by atoms with van der Waals surface area (Å²) in [5.41, 5.74) is -1.15. The highest BCUT2D eigenvalue weighted by molar-refractivity contribution is 7.92. The van der Waals surface area contributed by atoms with Crippen molar-refractivity contribution in [3.63, 3.8) is 0 Å². The standard InChI is InChI=1S/C12H8F2N2O4S/c13-9-2-1-7(5-8(9)12(17)18)21(19,20)16-11-3-4-15-6-10(11)14/h1-6H,(H,15,16)(H,17,18). The molecule has 0 unspecified atom stereocenters. The van der Waals surface area contributed by atoms with Gasteiger partial charge in [0.1, 0.15) is 5.82 Å². The summed E-state index contributed by atoms with van der Waals surface area (Å²) in [4.78, 5) is 13.7.